The van der Waals surface area contributed by atoms with Crippen LogP contribution in [0.25, 0.3) is 32.2 Å². The van der Waals surface area contributed by atoms with Crippen LogP contribution >= 0.6 is 11.3 Å². The van der Waals surface area contributed by atoms with E-state index in [4.69, 9.17) is 24.9 Å². The number of fused-ring (bicyclic) bond motifs is 5. The van der Waals surface area contributed by atoms with Crippen molar-refractivity contribution >= 4 is 49.4 Å². The van der Waals surface area contributed by atoms with Crippen LogP contribution in [0.2, 0.25) is 0 Å². The molecule has 3 aromatic heterocycles. The van der Waals surface area contributed by atoms with Gasteiger partial charge in [0.2, 0.25) is 0 Å². The topological polar surface area (TPSA) is 111 Å². The number of thiophene rings is 1. The predicted molar refractivity (Wildman–Crippen MR) is 166 cm³/mol. The quantitative estimate of drug-likeness (QED) is 0.289. The molecular weight excluding hydrogens is 607 g/mol. The molecule has 10 nitrogen and oxygen atoms in total. The Hall–Kier alpha value is -3.59. The maximum Gasteiger partial charge on any atom is 0.319 e. The van der Waals surface area contributed by atoms with E-state index >= 15 is 8.78 Å². The third-order valence-corrected chi connectivity index (χ3v) is 10.7. The number of benzene rings is 1. The third-order valence-electron chi connectivity index (χ3n) is 9.70. The molecule has 0 unspecified atom stereocenters. The number of anilines is 2. The molecule has 0 saturated carbocycles. The van der Waals surface area contributed by atoms with Crippen molar-refractivity contribution in [1.29, 1.82) is 0 Å². The fourth-order valence-electron chi connectivity index (χ4n) is 7.50. The number of hydrogen-bond acceptors (Lipinski definition) is 11. The van der Waals surface area contributed by atoms with Gasteiger partial charge >= 0.3 is 6.01 Å². The van der Waals surface area contributed by atoms with E-state index in [0.717, 1.165) is 42.5 Å². The van der Waals surface area contributed by atoms with Gasteiger partial charge in [-0.1, -0.05) is 0 Å². The molecule has 0 amide bonds. The minimum Gasteiger partial charge on any atom is -0.461 e. The molecule has 236 valence electrons. The van der Waals surface area contributed by atoms with Crippen LogP contribution in [-0.2, 0) is 22.7 Å². The molecule has 45 heavy (non-hydrogen) atoms. The Morgan fingerprint density at radius 1 is 1.20 bits per heavy atom. The van der Waals surface area contributed by atoms with Gasteiger partial charge in [0.25, 0.3) is 0 Å². The number of aliphatic imine (C=N–C) groups is 1. The molecule has 0 spiro atoms. The van der Waals surface area contributed by atoms with E-state index in [-0.39, 0.29) is 53.4 Å². The van der Waals surface area contributed by atoms with Crippen molar-refractivity contribution in [2.24, 2.45) is 4.99 Å². The smallest absolute Gasteiger partial charge is 0.319 e. The lowest BCUT2D eigenvalue weighted by molar-refractivity contribution is 0.0781. The maximum absolute atomic E-state index is 17.2. The van der Waals surface area contributed by atoms with Crippen molar-refractivity contribution in [3.63, 3.8) is 0 Å². The fraction of sp³-hybridized carbons (Fsp3) is 0.484. The lowest BCUT2D eigenvalue weighted by atomic mass is 9.93. The number of aromatic nitrogens is 3. The normalized spacial score (nSPS) is 23.5. The first-order valence-electron chi connectivity index (χ1n) is 15.0. The number of rotatable bonds is 7. The molecule has 2 N–H and O–H groups in total. The molecule has 7 heterocycles. The van der Waals surface area contributed by atoms with Gasteiger partial charge in [0, 0.05) is 62.9 Å². The van der Waals surface area contributed by atoms with Gasteiger partial charge in [0.05, 0.1) is 51.8 Å². The Balaban J connectivity index is 1.33. The summed E-state index contributed by atoms with van der Waals surface area (Å²) < 4.78 is 64.6. The second kappa shape index (κ2) is 10.7. The number of methoxy groups -OCH3 is 1. The van der Waals surface area contributed by atoms with Crippen LogP contribution in [-0.4, -0.2) is 90.8 Å². The summed E-state index contributed by atoms with van der Waals surface area (Å²) in [6.07, 6.45) is 3.89. The summed E-state index contributed by atoms with van der Waals surface area (Å²) >= 11 is 1.07. The Kier molecular flexibility index (Phi) is 6.89. The molecule has 2 atom stereocenters. The zero-order valence-electron chi connectivity index (χ0n) is 24.9. The summed E-state index contributed by atoms with van der Waals surface area (Å²) in [5.41, 5.74) is 8.15. The van der Waals surface area contributed by atoms with Crippen LogP contribution in [0.5, 0.6) is 6.01 Å². The summed E-state index contributed by atoms with van der Waals surface area (Å²) in [5.74, 6) is -0.660. The number of nitrogens with two attached hydrogens (primary N) is 1. The lowest BCUT2D eigenvalue weighted by Crippen LogP contribution is -2.52. The van der Waals surface area contributed by atoms with Gasteiger partial charge in [-0.25, -0.2) is 13.2 Å². The first-order valence-corrected chi connectivity index (χ1v) is 15.8. The number of halogens is 3. The predicted octanol–water partition coefficient (Wildman–Crippen LogP) is 4.64. The third kappa shape index (κ3) is 4.40. The second-order valence-corrected chi connectivity index (χ2v) is 13.3. The molecule has 14 heteroatoms. The summed E-state index contributed by atoms with van der Waals surface area (Å²) in [4.78, 5) is 22.1. The van der Waals surface area contributed by atoms with Gasteiger partial charge in [-0.2, -0.15) is 9.97 Å². The van der Waals surface area contributed by atoms with E-state index in [2.05, 4.69) is 19.9 Å². The first kappa shape index (κ1) is 28.9. The van der Waals surface area contributed by atoms with Crippen molar-refractivity contribution < 1.29 is 27.4 Å². The Labute approximate surface area is 261 Å². The largest absolute Gasteiger partial charge is 0.461 e. The van der Waals surface area contributed by atoms with Crippen LogP contribution in [0, 0.1) is 11.6 Å². The highest BCUT2D eigenvalue weighted by molar-refractivity contribution is 7.23. The monoisotopic (exact) mass is 639 g/mol. The number of nitrogen functional groups attached to an aromatic ring is 1. The SMILES string of the molecule is C/N=C\c1c(N)sc2c(F)cnc(-c3c4c(c5c(N6CC(OC)C6)nc(OC[C@@]67CCCN6C[C@H](F)C7)nc5c3F)COC4)c12. The average molecular weight is 640 g/mol. The highest BCUT2D eigenvalue weighted by atomic mass is 32.1. The summed E-state index contributed by atoms with van der Waals surface area (Å²) in [5, 5.41) is 1.27. The summed E-state index contributed by atoms with van der Waals surface area (Å²) in [7, 11) is 3.24. The van der Waals surface area contributed by atoms with Gasteiger partial charge in [-0.3, -0.25) is 14.9 Å². The van der Waals surface area contributed by atoms with Crippen molar-refractivity contribution in [2.75, 3.05) is 57.6 Å². The highest BCUT2D eigenvalue weighted by Crippen LogP contribution is 2.47. The molecule has 1 aromatic carbocycles. The zero-order valence-corrected chi connectivity index (χ0v) is 25.7. The highest BCUT2D eigenvalue weighted by Gasteiger charge is 2.49. The van der Waals surface area contributed by atoms with Gasteiger partial charge in [0.1, 0.15) is 24.1 Å². The summed E-state index contributed by atoms with van der Waals surface area (Å²) in [6, 6.07) is 0.0152. The van der Waals surface area contributed by atoms with Crippen molar-refractivity contribution in [3.8, 4) is 17.3 Å². The minimum absolute atomic E-state index is 0.0121. The number of hydrogen-bond donors (Lipinski definition) is 1. The average Bonchev–Trinajstić information content (AvgIpc) is 3.76. The molecular formula is C31H32F3N7O3S. The van der Waals surface area contributed by atoms with Gasteiger partial charge in [0.15, 0.2) is 11.6 Å². The van der Waals surface area contributed by atoms with Crippen LogP contribution in [0.15, 0.2) is 11.2 Å². The van der Waals surface area contributed by atoms with Crippen LogP contribution in [0.1, 0.15) is 36.0 Å². The number of pyridine rings is 1. The van der Waals surface area contributed by atoms with Crippen molar-refractivity contribution in [3.05, 3.63) is 34.5 Å². The van der Waals surface area contributed by atoms with E-state index in [1.807, 2.05) is 4.90 Å². The van der Waals surface area contributed by atoms with E-state index in [0.29, 0.717) is 58.8 Å². The van der Waals surface area contributed by atoms with E-state index < -0.39 is 23.3 Å². The number of nitrogens with zero attached hydrogens (tertiary/aromatic N) is 6. The van der Waals surface area contributed by atoms with Gasteiger partial charge < -0.3 is 24.8 Å². The van der Waals surface area contributed by atoms with Crippen LogP contribution < -0.4 is 15.4 Å². The van der Waals surface area contributed by atoms with Crippen molar-refractivity contribution in [1.82, 2.24) is 19.9 Å². The molecule has 3 saturated heterocycles. The molecule has 4 aliphatic rings. The van der Waals surface area contributed by atoms with E-state index in [9.17, 15) is 4.39 Å². The zero-order chi connectivity index (χ0) is 31.0. The van der Waals surface area contributed by atoms with E-state index in [1.54, 1.807) is 14.2 Å². The summed E-state index contributed by atoms with van der Waals surface area (Å²) in [6.45, 7) is 2.90. The molecule has 8 rings (SSSR count). The van der Waals surface area contributed by atoms with Crippen molar-refractivity contribution in [2.45, 2.75) is 50.3 Å². The maximum atomic E-state index is 17.2. The van der Waals surface area contributed by atoms with Crippen LogP contribution in [0.4, 0.5) is 24.0 Å². The molecule has 3 fully saturated rings. The minimum atomic E-state index is -0.912. The molecule has 0 aliphatic carbocycles. The number of ether oxygens (including phenoxy) is 3. The van der Waals surface area contributed by atoms with Gasteiger partial charge in [-0.15, -0.1) is 11.3 Å². The molecule has 0 radical (unpaired) electrons. The fourth-order valence-corrected chi connectivity index (χ4v) is 8.44. The molecule has 4 aromatic rings. The molecule has 4 aliphatic heterocycles. The second-order valence-electron chi connectivity index (χ2n) is 12.2. The number of alkyl halides is 1. The lowest BCUT2D eigenvalue weighted by Gasteiger charge is -2.39. The Morgan fingerprint density at radius 2 is 2.02 bits per heavy atom. The Morgan fingerprint density at radius 3 is 2.82 bits per heavy atom. The molecule has 0 bridgehead atoms. The van der Waals surface area contributed by atoms with Gasteiger partial charge in [-0.05, 0) is 30.5 Å². The van der Waals surface area contributed by atoms with Crippen LogP contribution in [0.3, 0.4) is 0 Å². The van der Waals surface area contributed by atoms with E-state index in [1.165, 1.54) is 6.21 Å². The standard InChI is InChI=1S/C31H32F3N7O3S/c1-36-7-17-22-25(37-8-20(33)27(22)45-28(17)35)21-18-12-43-13-19(18)23-26(24(21)34)38-30(39-29(23)40-10-16(11-40)42-2)44-14-31-4-3-5-41(31)9-15(32)6-31/h7-8,15-16H,3-6,9-14,35H2,1-2H3/b36-7-/t15-,31+/m1/s1. The first-order chi connectivity index (χ1) is 21.8. The Bertz CT molecular complexity index is 1880.